The van der Waals surface area contributed by atoms with Gasteiger partial charge in [-0.3, -0.25) is 0 Å². The fourth-order valence-corrected chi connectivity index (χ4v) is 2.26. The SMILES string of the molecule is CC(C)(C)N1C=C2CC[C@H]1C2. The molecule has 0 saturated heterocycles. The molecule has 1 atom stereocenters. The van der Waals surface area contributed by atoms with Gasteiger partial charge in [0.25, 0.3) is 0 Å². The monoisotopic (exact) mass is 151 g/mol. The molecule has 0 spiro atoms. The summed E-state index contributed by atoms with van der Waals surface area (Å²) in [5, 5.41) is 0. The average molecular weight is 151 g/mol. The van der Waals surface area contributed by atoms with Gasteiger partial charge in [-0.2, -0.15) is 0 Å². The third kappa shape index (κ3) is 1.07. The van der Waals surface area contributed by atoms with Gasteiger partial charge < -0.3 is 4.90 Å². The molecular weight excluding hydrogens is 134 g/mol. The highest BCUT2D eigenvalue weighted by Gasteiger charge is 2.35. The molecule has 0 aromatic rings. The van der Waals surface area contributed by atoms with Crippen LogP contribution in [0.2, 0.25) is 0 Å². The molecule has 2 bridgehead atoms. The summed E-state index contributed by atoms with van der Waals surface area (Å²) in [6, 6.07) is 0.838. The molecule has 2 rings (SSSR count). The van der Waals surface area contributed by atoms with Gasteiger partial charge in [0, 0.05) is 11.6 Å². The summed E-state index contributed by atoms with van der Waals surface area (Å²) in [5.41, 5.74) is 2.01. The Morgan fingerprint density at radius 3 is 2.45 bits per heavy atom. The second kappa shape index (κ2) is 2.02. The Labute approximate surface area is 69.1 Å². The molecule has 0 amide bonds. The second-order valence-electron chi connectivity index (χ2n) is 4.76. The number of nitrogens with zero attached hydrogens (tertiary/aromatic N) is 1. The van der Waals surface area contributed by atoms with E-state index in [2.05, 4.69) is 31.9 Å². The highest BCUT2D eigenvalue weighted by Crippen LogP contribution is 2.39. The summed E-state index contributed by atoms with van der Waals surface area (Å²) in [6.45, 7) is 6.89. The van der Waals surface area contributed by atoms with E-state index in [1.165, 1.54) is 19.3 Å². The minimum atomic E-state index is 0.340. The lowest BCUT2D eigenvalue weighted by atomic mass is 10.0. The lowest BCUT2D eigenvalue weighted by molar-refractivity contribution is 0.156. The molecule has 0 aromatic carbocycles. The van der Waals surface area contributed by atoms with Gasteiger partial charge in [0.2, 0.25) is 0 Å². The summed E-state index contributed by atoms with van der Waals surface area (Å²) >= 11 is 0. The van der Waals surface area contributed by atoms with Gasteiger partial charge in [-0.25, -0.2) is 0 Å². The molecule has 1 aliphatic carbocycles. The van der Waals surface area contributed by atoms with Gasteiger partial charge in [0.1, 0.15) is 0 Å². The van der Waals surface area contributed by atoms with Crippen LogP contribution in [0.4, 0.5) is 0 Å². The van der Waals surface area contributed by atoms with Crippen molar-refractivity contribution in [3.63, 3.8) is 0 Å². The fourth-order valence-electron chi connectivity index (χ4n) is 2.26. The molecule has 1 heteroatoms. The highest BCUT2D eigenvalue weighted by molar-refractivity contribution is 5.19. The average Bonchev–Trinajstić information content (AvgIpc) is 2.42. The Hall–Kier alpha value is -0.460. The maximum atomic E-state index is 2.53. The first-order chi connectivity index (χ1) is 5.07. The third-order valence-electron chi connectivity index (χ3n) is 2.79. The normalized spacial score (nSPS) is 29.5. The summed E-state index contributed by atoms with van der Waals surface area (Å²) in [5.74, 6) is 0. The second-order valence-corrected chi connectivity index (χ2v) is 4.76. The molecule has 1 aliphatic heterocycles. The van der Waals surface area contributed by atoms with Crippen molar-refractivity contribution >= 4 is 0 Å². The van der Waals surface area contributed by atoms with Gasteiger partial charge in [0.15, 0.2) is 0 Å². The van der Waals surface area contributed by atoms with Crippen molar-refractivity contribution in [2.75, 3.05) is 0 Å². The predicted molar refractivity (Wildman–Crippen MR) is 47.3 cm³/mol. The van der Waals surface area contributed by atoms with E-state index in [1.807, 2.05) is 0 Å². The van der Waals surface area contributed by atoms with Crippen molar-refractivity contribution in [2.45, 2.75) is 51.6 Å². The molecule has 0 N–H and O–H groups in total. The zero-order chi connectivity index (χ0) is 8.06. The Bertz CT molecular complexity index is 197. The third-order valence-corrected chi connectivity index (χ3v) is 2.79. The molecular formula is C10H17N. The maximum Gasteiger partial charge on any atom is 0.0330 e. The van der Waals surface area contributed by atoms with E-state index >= 15 is 0 Å². The van der Waals surface area contributed by atoms with Gasteiger partial charge in [-0.15, -0.1) is 0 Å². The van der Waals surface area contributed by atoms with Crippen LogP contribution in [-0.2, 0) is 0 Å². The van der Waals surface area contributed by atoms with Crippen molar-refractivity contribution in [3.05, 3.63) is 11.8 Å². The summed E-state index contributed by atoms with van der Waals surface area (Å²) in [4.78, 5) is 2.53. The topological polar surface area (TPSA) is 3.24 Å². The minimum absolute atomic E-state index is 0.340. The van der Waals surface area contributed by atoms with Crippen LogP contribution in [0, 0.1) is 0 Å². The Morgan fingerprint density at radius 1 is 1.45 bits per heavy atom. The minimum Gasteiger partial charge on any atom is -0.369 e. The van der Waals surface area contributed by atoms with Gasteiger partial charge in [0.05, 0.1) is 0 Å². The molecule has 1 fully saturated rings. The van der Waals surface area contributed by atoms with E-state index in [4.69, 9.17) is 0 Å². The van der Waals surface area contributed by atoms with E-state index in [9.17, 15) is 0 Å². The Morgan fingerprint density at radius 2 is 2.18 bits per heavy atom. The van der Waals surface area contributed by atoms with Gasteiger partial charge in [-0.05, 0) is 46.2 Å². The molecule has 0 unspecified atom stereocenters. The first kappa shape index (κ1) is 7.20. The molecule has 11 heavy (non-hydrogen) atoms. The molecule has 0 radical (unpaired) electrons. The number of hydrogen-bond donors (Lipinski definition) is 0. The molecule has 1 heterocycles. The summed E-state index contributed by atoms with van der Waals surface area (Å²) in [6.07, 6.45) is 6.48. The van der Waals surface area contributed by atoms with Crippen molar-refractivity contribution in [1.82, 2.24) is 4.90 Å². The van der Waals surface area contributed by atoms with Crippen LogP contribution in [0.25, 0.3) is 0 Å². The number of fused-ring (bicyclic) bond motifs is 2. The fraction of sp³-hybridized carbons (Fsp3) is 0.800. The largest absolute Gasteiger partial charge is 0.369 e. The van der Waals surface area contributed by atoms with E-state index < -0.39 is 0 Å². The molecule has 1 saturated carbocycles. The van der Waals surface area contributed by atoms with Crippen LogP contribution in [0.5, 0.6) is 0 Å². The van der Waals surface area contributed by atoms with E-state index in [0.29, 0.717) is 5.54 Å². The highest BCUT2D eigenvalue weighted by atomic mass is 15.2. The maximum absolute atomic E-state index is 2.53. The van der Waals surface area contributed by atoms with Crippen molar-refractivity contribution in [1.29, 1.82) is 0 Å². The van der Waals surface area contributed by atoms with Crippen LogP contribution >= 0.6 is 0 Å². The Kier molecular flexibility index (Phi) is 1.33. The molecule has 1 nitrogen and oxygen atoms in total. The van der Waals surface area contributed by atoms with Crippen LogP contribution in [0.1, 0.15) is 40.0 Å². The first-order valence-corrected chi connectivity index (χ1v) is 4.55. The van der Waals surface area contributed by atoms with E-state index in [0.717, 1.165) is 6.04 Å². The van der Waals surface area contributed by atoms with E-state index in [1.54, 1.807) is 5.57 Å². The molecule has 62 valence electrons. The van der Waals surface area contributed by atoms with Gasteiger partial charge in [-0.1, -0.05) is 5.57 Å². The lowest BCUT2D eigenvalue weighted by Crippen LogP contribution is -2.41. The van der Waals surface area contributed by atoms with Crippen LogP contribution < -0.4 is 0 Å². The van der Waals surface area contributed by atoms with E-state index in [-0.39, 0.29) is 0 Å². The number of hydrogen-bond acceptors (Lipinski definition) is 1. The van der Waals surface area contributed by atoms with Crippen LogP contribution in [0.3, 0.4) is 0 Å². The molecule has 2 aliphatic rings. The number of rotatable bonds is 0. The van der Waals surface area contributed by atoms with Crippen molar-refractivity contribution in [2.24, 2.45) is 0 Å². The zero-order valence-corrected chi connectivity index (χ0v) is 7.72. The summed E-state index contributed by atoms with van der Waals surface area (Å²) in [7, 11) is 0. The molecule has 0 aromatic heterocycles. The lowest BCUT2D eigenvalue weighted by Gasteiger charge is -2.38. The quantitative estimate of drug-likeness (QED) is 0.514. The zero-order valence-electron chi connectivity index (χ0n) is 7.72. The standard InChI is InChI=1S/C10H17N/c1-10(2,3)11-7-8-4-5-9(11)6-8/h7,9H,4-6H2,1-3H3/t9-/m0/s1. The van der Waals surface area contributed by atoms with Crippen molar-refractivity contribution in [3.8, 4) is 0 Å². The summed E-state index contributed by atoms with van der Waals surface area (Å²) < 4.78 is 0. The van der Waals surface area contributed by atoms with Gasteiger partial charge >= 0.3 is 0 Å². The van der Waals surface area contributed by atoms with Crippen LogP contribution in [-0.4, -0.2) is 16.5 Å². The smallest absolute Gasteiger partial charge is 0.0330 e. The first-order valence-electron chi connectivity index (χ1n) is 4.55. The van der Waals surface area contributed by atoms with Crippen LogP contribution in [0.15, 0.2) is 11.8 Å². The van der Waals surface area contributed by atoms with Crippen molar-refractivity contribution < 1.29 is 0 Å². The predicted octanol–water partition coefficient (Wildman–Crippen LogP) is 2.54. The Balaban J connectivity index is 2.20.